The standard InChI is InChI=1S/C28H29N5O3/c1-20(34)33-16-14-25(19-33)36-24-11-12-26(31-18-24)32-28(35)27(23-5-3-2-4-6-23)30-15-13-21-7-9-22(17-29)10-8-21/h2-12,18,25,27,30H,13-16,19H2,1H3,(H,31,32,35)/t25-,27-/m0/s1. The molecule has 0 spiro atoms. The topological polar surface area (TPSA) is 107 Å². The van der Waals surface area contributed by atoms with Gasteiger partial charge in [-0.05, 0) is 41.8 Å². The fourth-order valence-corrected chi connectivity index (χ4v) is 4.14. The first-order valence-corrected chi connectivity index (χ1v) is 12.0. The van der Waals surface area contributed by atoms with E-state index in [0.717, 1.165) is 24.0 Å². The van der Waals surface area contributed by atoms with E-state index in [4.69, 9.17) is 10.00 Å². The molecule has 4 rings (SSSR count). The Hall–Kier alpha value is -4.22. The molecule has 0 bridgehead atoms. The van der Waals surface area contributed by atoms with Gasteiger partial charge in [0.25, 0.3) is 0 Å². The molecular weight excluding hydrogens is 454 g/mol. The number of amides is 2. The van der Waals surface area contributed by atoms with Crippen LogP contribution in [0, 0.1) is 11.3 Å². The minimum absolute atomic E-state index is 0.0516. The lowest BCUT2D eigenvalue weighted by atomic mass is 10.1. The van der Waals surface area contributed by atoms with Crippen LogP contribution in [-0.2, 0) is 16.0 Å². The van der Waals surface area contributed by atoms with Crippen molar-refractivity contribution in [2.75, 3.05) is 25.0 Å². The summed E-state index contributed by atoms with van der Waals surface area (Å²) in [5.74, 6) is 0.869. The third-order valence-corrected chi connectivity index (χ3v) is 6.12. The number of hydrogen-bond acceptors (Lipinski definition) is 6. The number of nitrogens with one attached hydrogen (secondary N) is 2. The van der Waals surface area contributed by atoms with Gasteiger partial charge in [-0.1, -0.05) is 42.5 Å². The van der Waals surface area contributed by atoms with E-state index >= 15 is 0 Å². The van der Waals surface area contributed by atoms with Crippen molar-refractivity contribution in [3.8, 4) is 11.8 Å². The first-order chi connectivity index (χ1) is 17.5. The highest BCUT2D eigenvalue weighted by Gasteiger charge is 2.26. The predicted octanol–water partition coefficient (Wildman–Crippen LogP) is 3.46. The van der Waals surface area contributed by atoms with Crippen LogP contribution in [0.15, 0.2) is 72.9 Å². The Labute approximate surface area is 210 Å². The number of ether oxygens (including phenoxy) is 1. The van der Waals surface area contributed by atoms with Gasteiger partial charge in [0.05, 0.1) is 24.4 Å². The molecule has 1 fully saturated rings. The highest BCUT2D eigenvalue weighted by molar-refractivity contribution is 5.94. The molecule has 2 aromatic carbocycles. The lowest BCUT2D eigenvalue weighted by Crippen LogP contribution is -2.34. The first-order valence-electron chi connectivity index (χ1n) is 12.0. The Morgan fingerprint density at radius 2 is 1.92 bits per heavy atom. The molecule has 0 unspecified atom stereocenters. The molecule has 2 amide bonds. The number of rotatable bonds is 9. The number of likely N-dealkylation sites (tertiary alicyclic amines) is 1. The molecule has 0 saturated carbocycles. The van der Waals surface area contributed by atoms with Crippen molar-refractivity contribution in [2.45, 2.75) is 31.9 Å². The average molecular weight is 484 g/mol. The Bertz CT molecular complexity index is 1210. The number of carbonyl (C=O) groups excluding carboxylic acids is 2. The average Bonchev–Trinajstić information content (AvgIpc) is 3.37. The van der Waals surface area contributed by atoms with Crippen molar-refractivity contribution in [1.82, 2.24) is 15.2 Å². The predicted molar refractivity (Wildman–Crippen MR) is 136 cm³/mol. The Morgan fingerprint density at radius 1 is 1.14 bits per heavy atom. The largest absolute Gasteiger partial charge is 0.487 e. The SMILES string of the molecule is CC(=O)N1CC[C@H](Oc2ccc(NC(=O)[C@@H](NCCc3ccc(C#N)cc3)c3ccccc3)nc2)C1. The highest BCUT2D eigenvalue weighted by atomic mass is 16.5. The van der Waals surface area contributed by atoms with E-state index in [0.29, 0.717) is 36.8 Å². The summed E-state index contributed by atoms with van der Waals surface area (Å²) in [6.45, 7) is 3.41. The second kappa shape index (κ2) is 12.0. The summed E-state index contributed by atoms with van der Waals surface area (Å²) in [6.07, 6.45) is 3.03. The van der Waals surface area contributed by atoms with Crippen LogP contribution in [0.4, 0.5) is 5.82 Å². The monoisotopic (exact) mass is 483 g/mol. The van der Waals surface area contributed by atoms with Crippen molar-refractivity contribution >= 4 is 17.6 Å². The summed E-state index contributed by atoms with van der Waals surface area (Å²) in [7, 11) is 0. The van der Waals surface area contributed by atoms with Gasteiger partial charge in [-0.15, -0.1) is 0 Å². The van der Waals surface area contributed by atoms with E-state index < -0.39 is 6.04 Å². The van der Waals surface area contributed by atoms with Gasteiger partial charge in [0.15, 0.2) is 0 Å². The van der Waals surface area contributed by atoms with Gasteiger partial charge in [-0.3, -0.25) is 9.59 Å². The van der Waals surface area contributed by atoms with E-state index in [9.17, 15) is 9.59 Å². The molecule has 1 aromatic heterocycles. The van der Waals surface area contributed by atoms with Crippen molar-refractivity contribution in [3.63, 3.8) is 0 Å². The van der Waals surface area contributed by atoms with Gasteiger partial charge in [-0.25, -0.2) is 4.98 Å². The quantitative estimate of drug-likeness (QED) is 0.483. The summed E-state index contributed by atoms with van der Waals surface area (Å²) in [5.41, 5.74) is 2.56. The van der Waals surface area contributed by atoms with Gasteiger partial charge in [0.1, 0.15) is 23.7 Å². The molecule has 0 aliphatic carbocycles. The second-order valence-corrected chi connectivity index (χ2v) is 8.72. The third kappa shape index (κ3) is 6.68. The summed E-state index contributed by atoms with van der Waals surface area (Å²) in [5, 5.41) is 15.2. The number of hydrogen-bond donors (Lipinski definition) is 2. The number of carbonyl (C=O) groups is 2. The fraction of sp³-hybridized carbons (Fsp3) is 0.286. The number of pyridine rings is 1. The lowest BCUT2D eigenvalue weighted by molar-refractivity contribution is -0.128. The van der Waals surface area contributed by atoms with Gasteiger partial charge in [0.2, 0.25) is 11.8 Å². The number of benzene rings is 2. The molecule has 8 heteroatoms. The molecule has 0 radical (unpaired) electrons. The van der Waals surface area contributed by atoms with Crippen LogP contribution in [0.25, 0.3) is 0 Å². The molecule has 1 aliphatic rings. The molecule has 8 nitrogen and oxygen atoms in total. The van der Waals surface area contributed by atoms with Crippen molar-refractivity contribution in [3.05, 3.63) is 89.6 Å². The summed E-state index contributed by atoms with van der Waals surface area (Å²) < 4.78 is 5.94. The second-order valence-electron chi connectivity index (χ2n) is 8.72. The van der Waals surface area contributed by atoms with E-state index in [1.165, 1.54) is 0 Å². The first kappa shape index (κ1) is 24.9. The summed E-state index contributed by atoms with van der Waals surface area (Å²) in [6, 6.07) is 22.0. The van der Waals surface area contributed by atoms with Gasteiger partial charge >= 0.3 is 0 Å². The van der Waals surface area contributed by atoms with E-state index in [-0.39, 0.29) is 17.9 Å². The van der Waals surface area contributed by atoms with Crippen molar-refractivity contribution in [1.29, 1.82) is 5.26 Å². The Kier molecular flexibility index (Phi) is 8.27. The van der Waals surface area contributed by atoms with E-state index in [1.807, 2.05) is 42.5 Å². The molecule has 1 aliphatic heterocycles. The highest BCUT2D eigenvalue weighted by Crippen LogP contribution is 2.20. The molecule has 2 atom stereocenters. The summed E-state index contributed by atoms with van der Waals surface area (Å²) in [4.78, 5) is 30.8. The van der Waals surface area contributed by atoms with E-state index in [2.05, 4.69) is 21.7 Å². The zero-order valence-electron chi connectivity index (χ0n) is 20.2. The molecular formula is C28H29N5O3. The van der Waals surface area contributed by atoms with Gasteiger partial charge < -0.3 is 20.3 Å². The van der Waals surface area contributed by atoms with E-state index in [1.54, 1.807) is 42.3 Å². The molecule has 184 valence electrons. The maximum atomic E-state index is 13.2. The maximum absolute atomic E-state index is 13.2. The smallest absolute Gasteiger partial charge is 0.247 e. The van der Waals surface area contributed by atoms with Gasteiger partial charge in [0, 0.05) is 26.4 Å². The van der Waals surface area contributed by atoms with Crippen LogP contribution >= 0.6 is 0 Å². The fourth-order valence-electron chi connectivity index (χ4n) is 4.14. The van der Waals surface area contributed by atoms with Crippen LogP contribution in [0.5, 0.6) is 5.75 Å². The van der Waals surface area contributed by atoms with Crippen molar-refractivity contribution < 1.29 is 14.3 Å². The zero-order valence-corrected chi connectivity index (χ0v) is 20.2. The van der Waals surface area contributed by atoms with Crippen LogP contribution in [-0.4, -0.2) is 47.4 Å². The molecule has 2 heterocycles. The molecule has 1 saturated heterocycles. The Morgan fingerprint density at radius 3 is 2.56 bits per heavy atom. The van der Waals surface area contributed by atoms with Gasteiger partial charge in [-0.2, -0.15) is 5.26 Å². The maximum Gasteiger partial charge on any atom is 0.247 e. The number of anilines is 1. The molecule has 36 heavy (non-hydrogen) atoms. The van der Waals surface area contributed by atoms with Crippen LogP contribution < -0.4 is 15.4 Å². The number of nitriles is 1. The third-order valence-electron chi connectivity index (χ3n) is 6.12. The summed E-state index contributed by atoms with van der Waals surface area (Å²) >= 11 is 0. The minimum atomic E-state index is -0.557. The van der Waals surface area contributed by atoms with Crippen LogP contribution in [0.1, 0.15) is 36.1 Å². The Balaban J connectivity index is 1.35. The molecule has 2 N–H and O–H groups in total. The number of aromatic nitrogens is 1. The van der Waals surface area contributed by atoms with Crippen LogP contribution in [0.2, 0.25) is 0 Å². The zero-order chi connectivity index (χ0) is 25.3. The van der Waals surface area contributed by atoms with Crippen LogP contribution in [0.3, 0.4) is 0 Å². The number of nitrogens with zero attached hydrogens (tertiary/aromatic N) is 3. The lowest BCUT2D eigenvalue weighted by Gasteiger charge is -2.19. The normalized spacial score (nSPS) is 15.7. The minimum Gasteiger partial charge on any atom is -0.487 e. The molecule has 3 aromatic rings. The van der Waals surface area contributed by atoms with Crippen molar-refractivity contribution in [2.24, 2.45) is 0 Å².